The van der Waals surface area contributed by atoms with E-state index >= 15 is 0 Å². The van der Waals surface area contributed by atoms with Gasteiger partial charge in [0.2, 0.25) is 0 Å². The molecule has 20 heavy (non-hydrogen) atoms. The van der Waals surface area contributed by atoms with Crippen molar-refractivity contribution >= 4 is 11.6 Å². The van der Waals surface area contributed by atoms with Crippen LogP contribution in [0.15, 0.2) is 30.3 Å². The van der Waals surface area contributed by atoms with E-state index in [9.17, 15) is 5.11 Å². The lowest BCUT2D eigenvalue weighted by atomic mass is 9.94. The molecule has 0 amide bonds. The molecule has 2 nitrogen and oxygen atoms in total. The van der Waals surface area contributed by atoms with Crippen LogP contribution < -0.4 is 4.74 Å². The Morgan fingerprint density at radius 2 is 1.60 bits per heavy atom. The Labute approximate surface area is 125 Å². The number of rotatable bonds is 3. The topological polar surface area (TPSA) is 29.5 Å². The van der Waals surface area contributed by atoms with Crippen LogP contribution in [0.2, 0.25) is 5.02 Å². The number of halogens is 1. The van der Waals surface area contributed by atoms with Crippen molar-refractivity contribution in [1.82, 2.24) is 0 Å². The van der Waals surface area contributed by atoms with Crippen LogP contribution in [0.4, 0.5) is 0 Å². The second-order valence-electron chi connectivity index (χ2n) is 5.09. The number of benzene rings is 2. The van der Waals surface area contributed by atoms with Gasteiger partial charge in [-0.1, -0.05) is 17.7 Å². The van der Waals surface area contributed by atoms with Gasteiger partial charge in [-0.2, -0.15) is 0 Å². The van der Waals surface area contributed by atoms with Gasteiger partial charge >= 0.3 is 0 Å². The van der Waals surface area contributed by atoms with Crippen LogP contribution in [0, 0.1) is 20.8 Å². The van der Waals surface area contributed by atoms with Crippen LogP contribution in [0.5, 0.6) is 5.75 Å². The lowest BCUT2D eigenvalue weighted by Gasteiger charge is -2.17. The maximum absolute atomic E-state index is 10.6. The fourth-order valence-electron chi connectivity index (χ4n) is 2.59. The van der Waals surface area contributed by atoms with Gasteiger partial charge in [0.25, 0.3) is 0 Å². The minimum Gasteiger partial charge on any atom is -0.496 e. The first-order valence-electron chi connectivity index (χ1n) is 6.53. The molecular weight excluding hydrogens is 272 g/mol. The van der Waals surface area contributed by atoms with E-state index in [0.717, 1.165) is 33.6 Å². The molecule has 0 heterocycles. The van der Waals surface area contributed by atoms with E-state index in [0.29, 0.717) is 5.02 Å². The van der Waals surface area contributed by atoms with Crippen LogP contribution in [0.25, 0.3) is 0 Å². The zero-order chi connectivity index (χ0) is 14.9. The highest BCUT2D eigenvalue weighted by molar-refractivity contribution is 6.30. The summed E-state index contributed by atoms with van der Waals surface area (Å²) < 4.78 is 5.36. The minimum atomic E-state index is -0.657. The van der Waals surface area contributed by atoms with Gasteiger partial charge in [-0.15, -0.1) is 0 Å². The average Bonchev–Trinajstić information content (AvgIpc) is 2.37. The lowest BCUT2D eigenvalue weighted by Crippen LogP contribution is -2.04. The van der Waals surface area contributed by atoms with E-state index in [2.05, 4.69) is 0 Å². The van der Waals surface area contributed by atoms with Crippen LogP contribution in [0.1, 0.15) is 33.9 Å². The largest absolute Gasteiger partial charge is 0.496 e. The second-order valence-corrected chi connectivity index (χ2v) is 5.53. The Balaban J connectivity index is 2.45. The molecule has 3 heteroatoms. The molecule has 0 aliphatic heterocycles. The number of aliphatic hydroxyl groups excluding tert-OH is 1. The van der Waals surface area contributed by atoms with Crippen molar-refractivity contribution in [1.29, 1.82) is 0 Å². The maximum Gasteiger partial charge on any atom is 0.124 e. The second kappa shape index (κ2) is 5.86. The van der Waals surface area contributed by atoms with Crippen molar-refractivity contribution in [2.75, 3.05) is 7.11 Å². The molecule has 2 aromatic carbocycles. The molecule has 1 N–H and O–H groups in total. The first kappa shape index (κ1) is 14.9. The lowest BCUT2D eigenvalue weighted by molar-refractivity contribution is 0.219. The number of methoxy groups -OCH3 is 1. The van der Waals surface area contributed by atoms with Crippen LogP contribution in [-0.4, -0.2) is 12.2 Å². The van der Waals surface area contributed by atoms with Crippen molar-refractivity contribution in [2.24, 2.45) is 0 Å². The summed E-state index contributed by atoms with van der Waals surface area (Å²) in [5, 5.41) is 11.3. The standard InChI is InChI=1S/C17H19ClO2/c1-10-9-14(18)5-6-15(10)16(19)13-7-11(2)17(20-4)12(3)8-13/h5-9,16,19H,1-4H3. The molecule has 2 aromatic rings. The molecule has 2 rings (SSSR count). The number of ether oxygens (including phenoxy) is 1. The predicted octanol–water partition coefficient (Wildman–Crippen LogP) is 4.36. The number of aryl methyl sites for hydroxylation is 3. The van der Waals surface area contributed by atoms with Crippen LogP contribution in [-0.2, 0) is 0 Å². The van der Waals surface area contributed by atoms with Gasteiger partial charge in [0.1, 0.15) is 11.9 Å². The minimum absolute atomic E-state index is 0.657. The van der Waals surface area contributed by atoms with Gasteiger partial charge in [-0.3, -0.25) is 0 Å². The Morgan fingerprint density at radius 1 is 1.00 bits per heavy atom. The van der Waals surface area contributed by atoms with Gasteiger partial charge in [0.15, 0.2) is 0 Å². The SMILES string of the molecule is COc1c(C)cc(C(O)c2ccc(Cl)cc2C)cc1C. The van der Waals surface area contributed by atoms with Crippen molar-refractivity contribution in [3.05, 3.63) is 63.2 Å². The smallest absolute Gasteiger partial charge is 0.124 e. The van der Waals surface area contributed by atoms with Gasteiger partial charge in [-0.25, -0.2) is 0 Å². The normalized spacial score (nSPS) is 12.3. The Morgan fingerprint density at radius 3 is 2.10 bits per heavy atom. The molecule has 0 saturated carbocycles. The molecule has 0 spiro atoms. The van der Waals surface area contributed by atoms with Crippen molar-refractivity contribution in [3.8, 4) is 5.75 Å². The van der Waals surface area contributed by atoms with Crippen LogP contribution >= 0.6 is 11.6 Å². The van der Waals surface area contributed by atoms with E-state index in [1.165, 1.54) is 0 Å². The third-order valence-electron chi connectivity index (χ3n) is 3.53. The zero-order valence-corrected chi connectivity index (χ0v) is 13.0. The third-order valence-corrected chi connectivity index (χ3v) is 3.76. The molecule has 0 bridgehead atoms. The third kappa shape index (κ3) is 2.82. The molecule has 0 saturated heterocycles. The van der Waals surface area contributed by atoms with Crippen molar-refractivity contribution < 1.29 is 9.84 Å². The summed E-state index contributed by atoms with van der Waals surface area (Å²) in [6, 6.07) is 9.46. The monoisotopic (exact) mass is 290 g/mol. The maximum atomic E-state index is 10.6. The molecule has 0 fully saturated rings. The molecule has 0 aromatic heterocycles. The first-order valence-corrected chi connectivity index (χ1v) is 6.91. The van der Waals surface area contributed by atoms with Gasteiger partial charge in [0.05, 0.1) is 7.11 Å². The molecule has 1 atom stereocenters. The Kier molecular flexibility index (Phi) is 4.36. The van der Waals surface area contributed by atoms with E-state index in [1.54, 1.807) is 13.2 Å². The van der Waals surface area contributed by atoms with Crippen LogP contribution in [0.3, 0.4) is 0 Å². The summed E-state index contributed by atoms with van der Waals surface area (Å²) in [6.45, 7) is 5.92. The summed E-state index contributed by atoms with van der Waals surface area (Å²) >= 11 is 5.96. The molecule has 1 unspecified atom stereocenters. The fraction of sp³-hybridized carbons (Fsp3) is 0.294. The highest BCUT2D eigenvalue weighted by Crippen LogP contribution is 2.31. The number of aliphatic hydroxyl groups is 1. The Hall–Kier alpha value is -1.51. The number of hydrogen-bond acceptors (Lipinski definition) is 2. The molecular formula is C17H19ClO2. The van der Waals surface area contributed by atoms with Gasteiger partial charge in [0, 0.05) is 5.02 Å². The van der Waals surface area contributed by atoms with E-state index in [4.69, 9.17) is 16.3 Å². The summed E-state index contributed by atoms with van der Waals surface area (Å²) in [4.78, 5) is 0. The average molecular weight is 291 g/mol. The summed E-state index contributed by atoms with van der Waals surface area (Å²) in [6.07, 6.45) is -0.657. The zero-order valence-electron chi connectivity index (χ0n) is 12.2. The molecule has 106 valence electrons. The van der Waals surface area contributed by atoms with Crippen molar-refractivity contribution in [3.63, 3.8) is 0 Å². The van der Waals surface area contributed by atoms with Crippen molar-refractivity contribution in [2.45, 2.75) is 26.9 Å². The predicted molar refractivity (Wildman–Crippen MR) is 82.7 cm³/mol. The highest BCUT2D eigenvalue weighted by Gasteiger charge is 2.16. The quantitative estimate of drug-likeness (QED) is 0.910. The first-order chi connectivity index (χ1) is 9.43. The fourth-order valence-corrected chi connectivity index (χ4v) is 2.82. The Bertz CT molecular complexity index is 612. The van der Waals surface area contributed by atoms with Gasteiger partial charge in [-0.05, 0) is 72.9 Å². The van der Waals surface area contributed by atoms with E-state index in [1.807, 2.05) is 45.0 Å². The van der Waals surface area contributed by atoms with E-state index < -0.39 is 6.10 Å². The number of hydrogen-bond donors (Lipinski definition) is 1. The molecule has 0 aliphatic carbocycles. The van der Waals surface area contributed by atoms with Gasteiger partial charge < -0.3 is 9.84 Å². The summed E-state index contributed by atoms with van der Waals surface area (Å²) in [5.41, 5.74) is 4.77. The van der Waals surface area contributed by atoms with E-state index in [-0.39, 0.29) is 0 Å². The molecule has 0 radical (unpaired) electrons. The highest BCUT2D eigenvalue weighted by atomic mass is 35.5. The summed E-state index contributed by atoms with van der Waals surface area (Å²) in [7, 11) is 1.66. The summed E-state index contributed by atoms with van der Waals surface area (Å²) in [5.74, 6) is 0.869. The molecule has 0 aliphatic rings.